The van der Waals surface area contributed by atoms with Crippen molar-refractivity contribution >= 4 is 23.2 Å². The van der Waals surface area contributed by atoms with Gasteiger partial charge in [-0.25, -0.2) is 5.43 Å². The van der Waals surface area contributed by atoms with Crippen molar-refractivity contribution in [1.29, 1.82) is 0 Å². The van der Waals surface area contributed by atoms with E-state index < -0.39 is 0 Å². The van der Waals surface area contributed by atoms with Gasteiger partial charge in [-0.05, 0) is 55.9 Å². The molecule has 0 saturated carbocycles. The van der Waals surface area contributed by atoms with Gasteiger partial charge in [0.15, 0.2) is 0 Å². The summed E-state index contributed by atoms with van der Waals surface area (Å²) in [4.78, 5) is 12.0. The van der Waals surface area contributed by atoms with Gasteiger partial charge in [0.2, 0.25) is 5.91 Å². The molecule has 0 fully saturated rings. The molecular weight excluding hydrogens is 296 g/mol. The summed E-state index contributed by atoms with van der Waals surface area (Å²) in [5.74, 6) is 0.288. The minimum Gasteiger partial charge on any atom is -0.273 e. The Kier molecular flexibility index (Phi) is 5.56. The van der Waals surface area contributed by atoms with Crippen LogP contribution in [0.25, 0.3) is 0 Å². The Labute approximate surface area is 136 Å². The van der Waals surface area contributed by atoms with Gasteiger partial charge in [0.05, 0.1) is 12.1 Å². The van der Waals surface area contributed by atoms with E-state index in [4.69, 9.17) is 11.6 Å². The minimum absolute atomic E-state index is 0.125. The molecule has 1 amide bonds. The number of rotatable bonds is 4. The van der Waals surface area contributed by atoms with Gasteiger partial charge in [-0.2, -0.15) is 5.10 Å². The van der Waals surface area contributed by atoms with Crippen molar-refractivity contribution in [2.45, 2.75) is 33.1 Å². The first kappa shape index (κ1) is 16.5. The molecule has 1 N–H and O–H groups in total. The highest BCUT2D eigenvalue weighted by atomic mass is 35.5. The highest BCUT2D eigenvalue weighted by Crippen LogP contribution is 2.26. The Morgan fingerprint density at radius 3 is 2.73 bits per heavy atom. The maximum atomic E-state index is 12.0. The summed E-state index contributed by atoms with van der Waals surface area (Å²) in [5, 5.41) is 4.96. The van der Waals surface area contributed by atoms with E-state index in [-0.39, 0.29) is 5.91 Å². The molecule has 0 aromatic heterocycles. The number of nitrogens with one attached hydrogen (secondary N) is 1. The molecule has 22 heavy (non-hydrogen) atoms. The lowest BCUT2D eigenvalue weighted by molar-refractivity contribution is -0.120. The van der Waals surface area contributed by atoms with Crippen LogP contribution in [0, 0.1) is 5.92 Å². The van der Waals surface area contributed by atoms with Crippen molar-refractivity contribution in [3.63, 3.8) is 0 Å². The van der Waals surface area contributed by atoms with Crippen molar-refractivity contribution in [2.24, 2.45) is 11.0 Å². The molecule has 116 valence electrons. The zero-order chi connectivity index (χ0) is 16.1. The van der Waals surface area contributed by atoms with Crippen LogP contribution in [0.1, 0.15) is 32.3 Å². The molecule has 2 rings (SSSR count). The topological polar surface area (TPSA) is 41.5 Å². The van der Waals surface area contributed by atoms with E-state index in [9.17, 15) is 4.79 Å². The zero-order valence-electron chi connectivity index (χ0n) is 13.0. The number of allylic oxidation sites excluding steroid dienone is 3. The second-order valence-electron chi connectivity index (χ2n) is 5.77. The molecule has 1 aromatic carbocycles. The molecule has 1 atom stereocenters. The third kappa shape index (κ3) is 4.57. The number of nitrogens with zero attached hydrogens (tertiary/aromatic N) is 1. The molecule has 0 bridgehead atoms. The molecule has 0 spiro atoms. The number of amides is 1. The van der Waals surface area contributed by atoms with Gasteiger partial charge in [0.1, 0.15) is 0 Å². The molecule has 0 unspecified atom stereocenters. The van der Waals surface area contributed by atoms with Gasteiger partial charge < -0.3 is 0 Å². The lowest BCUT2D eigenvalue weighted by Crippen LogP contribution is -2.24. The maximum Gasteiger partial charge on any atom is 0.244 e. The molecule has 0 radical (unpaired) electrons. The van der Waals surface area contributed by atoms with Gasteiger partial charge in [-0.1, -0.05) is 42.0 Å². The molecule has 0 aliphatic heterocycles. The Morgan fingerprint density at radius 1 is 1.41 bits per heavy atom. The number of benzene rings is 1. The fraction of sp³-hybridized carbons (Fsp3) is 0.333. The fourth-order valence-electron chi connectivity index (χ4n) is 2.38. The van der Waals surface area contributed by atoms with Crippen LogP contribution < -0.4 is 5.43 Å². The van der Waals surface area contributed by atoms with Crippen molar-refractivity contribution in [2.75, 3.05) is 0 Å². The van der Waals surface area contributed by atoms with Crippen LogP contribution in [0.2, 0.25) is 5.02 Å². The summed E-state index contributed by atoms with van der Waals surface area (Å²) in [7, 11) is 0. The lowest BCUT2D eigenvalue weighted by Gasteiger charge is -2.22. The van der Waals surface area contributed by atoms with Gasteiger partial charge in [0.25, 0.3) is 0 Å². The first-order chi connectivity index (χ1) is 10.5. The van der Waals surface area contributed by atoms with Crippen LogP contribution in [-0.4, -0.2) is 11.6 Å². The summed E-state index contributed by atoms with van der Waals surface area (Å²) >= 11 is 5.83. The SMILES string of the molecule is C=C(C)[C@H]1CC=C(C)/C(=N\NC(=O)Cc2ccc(Cl)cc2)C1. The summed E-state index contributed by atoms with van der Waals surface area (Å²) in [5.41, 5.74) is 6.78. The summed E-state index contributed by atoms with van der Waals surface area (Å²) in [6.45, 7) is 8.08. The van der Waals surface area contributed by atoms with Gasteiger partial charge in [0, 0.05) is 5.02 Å². The van der Waals surface area contributed by atoms with Crippen molar-refractivity contribution in [1.82, 2.24) is 5.43 Å². The van der Waals surface area contributed by atoms with Gasteiger partial charge in [-0.15, -0.1) is 0 Å². The molecule has 3 nitrogen and oxygen atoms in total. The monoisotopic (exact) mass is 316 g/mol. The highest BCUT2D eigenvalue weighted by Gasteiger charge is 2.18. The fourth-order valence-corrected chi connectivity index (χ4v) is 2.51. The average molecular weight is 317 g/mol. The van der Waals surface area contributed by atoms with Gasteiger partial charge in [-0.3, -0.25) is 4.79 Å². The van der Waals surface area contributed by atoms with Crippen molar-refractivity contribution < 1.29 is 4.79 Å². The smallest absolute Gasteiger partial charge is 0.244 e. The Hall–Kier alpha value is -1.87. The number of hydrogen-bond acceptors (Lipinski definition) is 2. The van der Waals surface area contributed by atoms with Crippen molar-refractivity contribution in [3.05, 3.63) is 58.7 Å². The Balaban J connectivity index is 1.96. The van der Waals surface area contributed by atoms with Crippen LogP contribution in [-0.2, 0) is 11.2 Å². The predicted octanol–water partition coefficient (Wildman–Crippen LogP) is 4.29. The zero-order valence-corrected chi connectivity index (χ0v) is 13.8. The van der Waals surface area contributed by atoms with Crippen LogP contribution in [0.15, 0.2) is 53.2 Å². The third-order valence-corrected chi connectivity index (χ3v) is 4.15. The largest absolute Gasteiger partial charge is 0.273 e. The van der Waals surface area contributed by atoms with E-state index >= 15 is 0 Å². The number of hydrazone groups is 1. The number of carbonyl (C=O) groups excluding carboxylic acids is 1. The molecular formula is C18H21ClN2O. The Bertz CT molecular complexity index is 629. The van der Waals surface area contributed by atoms with Crippen LogP contribution in [0.4, 0.5) is 0 Å². The molecule has 1 aliphatic carbocycles. The lowest BCUT2D eigenvalue weighted by atomic mass is 9.85. The number of hydrogen-bond donors (Lipinski definition) is 1. The first-order valence-electron chi connectivity index (χ1n) is 7.38. The number of carbonyl (C=O) groups is 1. The Morgan fingerprint density at radius 2 is 2.09 bits per heavy atom. The van der Waals surface area contributed by atoms with Crippen LogP contribution >= 0.6 is 11.6 Å². The van der Waals surface area contributed by atoms with Crippen LogP contribution in [0.3, 0.4) is 0 Å². The standard InChI is InChI=1S/C18H21ClN2O/c1-12(2)15-7-4-13(3)17(11-15)20-21-18(22)10-14-5-8-16(19)9-6-14/h4-6,8-9,15H,1,7,10-11H2,2-3H3,(H,21,22)/b20-17-/t15-/m0/s1. The number of halogens is 1. The highest BCUT2D eigenvalue weighted by molar-refractivity contribution is 6.30. The van der Waals surface area contributed by atoms with Crippen molar-refractivity contribution in [3.8, 4) is 0 Å². The van der Waals surface area contributed by atoms with E-state index in [1.807, 2.05) is 26.0 Å². The normalized spacial score (nSPS) is 19.7. The molecule has 1 aromatic rings. The minimum atomic E-state index is -0.125. The molecule has 0 heterocycles. The summed E-state index contributed by atoms with van der Waals surface area (Å²) in [6.07, 6.45) is 4.28. The van der Waals surface area contributed by atoms with E-state index in [1.54, 1.807) is 12.1 Å². The summed E-state index contributed by atoms with van der Waals surface area (Å²) in [6, 6.07) is 7.25. The third-order valence-electron chi connectivity index (χ3n) is 3.89. The maximum absolute atomic E-state index is 12.0. The summed E-state index contributed by atoms with van der Waals surface area (Å²) < 4.78 is 0. The quantitative estimate of drug-likeness (QED) is 0.653. The molecule has 1 aliphatic rings. The van der Waals surface area contributed by atoms with Crippen LogP contribution in [0.5, 0.6) is 0 Å². The van der Waals surface area contributed by atoms with E-state index in [0.717, 1.165) is 35.3 Å². The van der Waals surface area contributed by atoms with E-state index in [2.05, 4.69) is 23.2 Å². The van der Waals surface area contributed by atoms with Gasteiger partial charge >= 0.3 is 0 Å². The average Bonchev–Trinajstić information content (AvgIpc) is 2.48. The predicted molar refractivity (Wildman–Crippen MR) is 92.0 cm³/mol. The second kappa shape index (κ2) is 7.41. The van der Waals surface area contributed by atoms with E-state index in [0.29, 0.717) is 17.4 Å². The molecule has 4 heteroatoms. The first-order valence-corrected chi connectivity index (χ1v) is 7.76. The van der Waals surface area contributed by atoms with E-state index in [1.165, 1.54) is 0 Å². The second-order valence-corrected chi connectivity index (χ2v) is 6.20. The molecule has 0 saturated heterocycles.